The summed E-state index contributed by atoms with van der Waals surface area (Å²) in [5.41, 5.74) is 0. The fourth-order valence-corrected chi connectivity index (χ4v) is 0.575. The van der Waals surface area contributed by atoms with E-state index in [0.29, 0.717) is 0 Å². The Kier molecular flexibility index (Phi) is 3.28. The van der Waals surface area contributed by atoms with Gasteiger partial charge in [0.05, 0.1) is 6.26 Å². The Morgan fingerprint density at radius 3 is 2.17 bits per heavy atom. The molecule has 0 heterocycles. The van der Waals surface area contributed by atoms with Gasteiger partial charge in [-0.25, -0.2) is 0 Å². The molecule has 1 atom stereocenters. The number of rotatable bonds is 1. The monoisotopic (exact) mass is 104 g/mol. The summed E-state index contributed by atoms with van der Waals surface area (Å²) >= 11 is -0.746. The van der Waals surface area contributed by atoms with Crippen LogP contribution in [-0.4, -0.2) is 10.8 Å². The third-order valence-corrected chi connectivity index (χ3v) is 0.983. The predicted molar refractivity (Wildman–Crippen MR) is 28.9 cm³/mol. The zero-order valence-corrected chi connectivity index (χ0v) is 4.79. The van der Waals surface area contributed by atoms with E-state index in [2.05, 4.69) is 0 Å². The van der Waals surface area contributed by atoms with E-state index in [4.69, 9.17) is 0 Å². The van der Waals surface area contributed by atoms with E-state index in [1.165, 1.54) is 0 Å². The standard InChI is InChI=1S/C4H8OS/c1-3-4-6(2)5/h3-4H,1-2H3. The summed E-state index contributed by atoms with van der Waals surface area (Å²) in [6.45, 7) is 1.85. The molecule has 1 unspecified atom stereocenters. The lowest BCUT2D eigenvalue weighted by atomic mass is 10.8. The summed E-state index contributed by atoms with van der Waals surface area (Å²) in [4.78, 5) is 0. The summed E-state index contributed by atoms with van der Waals surface area (Å²) in [6, 6.07) is 0. The van der Waals surface area contributed by atoms with Gasteiger partial charge in [0.25, 0.3) is 0 Å². The molecule has 0 amide bonds. The van der Waals surface area contributed by atoms with E-state index in [-0.39, 0.29) is 0 Å². The molecule has 0 spiro atoms. The molecule has 0 aromatic heterocycles. The average Bonchev–Trinajstić information content (AvgIpc) is 1.35. The Morgan fingerprint density at radius 1 is 1.67 bits per heavy atom. The second-order valence-electron chi connectivity index (χ2n) is 0.968. The molecular formula is C4H8OS. The topological polar surface area (TPSA) is 23.1 Å². The Bertz CT molecular complexity index is 49.5. The molecule has 2 heteroatoms. The number of hydrogen-bond acceptors (Lipinski definition) is 1. The van der Waals surface area contributed by atoms with Gasteiger partial charge in [-0.15, -0.1) is 0 Å². The predicted octanol–water partition coefficient (Wildman–Crippen LogP) is 0.899. The van der Waals surface area contributed by atoms with Gasteiger partial charge < -0.3 is 4.55 Å². The van der Waals surface area contributed by atoms with Crippen molar-refractivity contribution in [3.05, 3.63) is 11.5 Å². The van der Waals surface area contributed by atoms with Crippen LogP contribution in [0.1, 0.15) is 6.92 Å². The van der Waals surface area contributed by atoms with Crippen LogP contribution >= 0.6 is 0 Å². The maximum absolute atomic E-state index is 10.1. The van der Waals surface area contributed by atoms with Gasteiger partial charge in [-0.1, -0.05) is 0 Å². The van der Waals surface area contributed by atoms with Crippen LogP contribution in [0.3, 0.4) is 0 Å². The van der Waals surface area contributed by atoms with Crippen molar-refractivity contribution >= 4 is 11.2 Å². The first-order chi connectivity index (χ1) is 2.77. The molecule has 36 valence electrons. The highest BCUT2D eigenvalue weighted by atomic mass is 32.2. The fourth-order valence-electron chi connectivity index (χ4n) is 0.192. The van der Waals surface area contributed by atoms with Crippen molar-refractivity contribution in [2.24, 2.45) is 0 Å². The first-order valence-corrected chi connectivity index (χ1v) is 3.34. The molecule has 0 aliphatic rings. The van der Waals surface area contributed by atoms with Gasteiger partial charge >= 0.3 is 0 Å². The minimum atomic E-state index is -0.746. The minimum Gasteiger partial charge on any atom is -0.612 e. The van der Waals surface area contributed by atoms with Crippen LogP contribution in [0.2, 0.25) is 0 Å². The second kappa shape index (κ2) is 3.25. The van der Waals surface area contributed by atoms with E-state index in [0.717, 1.165) is 0 Å². The van der Waals surface area contributed by atoms with Crippen LogP contribution in [0.25, 0.3) is 0 Å². The zero-order valence-electron chi connectivity index (χ0n) is 3.97. The molecule has 0 rings (SSSR count). The van der Waals surface area contributed by atoms with Crippen LogP contribution < -0.4 is 0 Å². The number of hydrogen-bond donors (Lipinski definition) is 0. The molecule has 0 saturated heterocycles. The Morgan fingerprint density at radius 2 is 2.17 bits per heavy atom. The highest BCUT2D eigenvalue weighted by molar-refractivity contribution is 7.93. The second-order valence-corrected chi connectivity index (χ2v) is 2.24. The van der Waals surface area contributed by atoms with Crippen molar-refractivity contribution < 1.29 is 4.55 Å². The lowest BCUT2D eigenvalue weighted by Gasteiger charge is -1.91. The molecule has 0 aromatic rings. The number of allylic oxidation sites excluding steroid dienone is 1. The van der Waals surface area contributed by atoms with Crippen LogP contribution in [0, 0.1) is 0 Å². The van der Waals surface area contributed by atoms with Crippen LogP contribution in [-0.2, 0) is 11.2 Å². The third-order valence-electron chi connectivity index (χ3n) is 0.328. The summed E-state index contributed by atoms with van der Waals surface area (Å²) in [7, 11) is 0. The molecule has 0 bridgehead atoms. The van der Waals surface area contributed by atoms with Gasteiger partial charge in [0.1, 0.15) is 5.41 Å². The maximum Gasteiger partial charge on any atom is 0.112 e. The average molecular weight is 104 g/mol. The Balaban J connectivity index is 3.03. The minimum absolute atomic E-state index is 0.746. The molecule has 6 heavy (non-hydrogen) atoms. The Hall–Kier alpha value is 0.0500. The summed E-state index contributed by atoms with van der Waals surface area (Å²) in [6.07, 6.45) is 3.41. The van der Waals surface area contributed by atoms with Gasteiger partial charge in [0.2, 0.25) is 0 Å². The van der Waals surface area contributed by atoms with Crippen molar-refractivity contribution in [1.82, 2.24) is 0 Å². The molecule has 0 radical (unpaired) electrons. The van der Waals surface area contributed by atoms with E-state index in [1.807, 2.05) is 6.92 Å². The van der Waals surface area contributed by atoms with Crippen LogP contribution in [0.5, 0.6) is 0 Å². The largest absolute Gasteiger partial charge is 0.612 e. The zero-order chi connectivity index (χ0) is 4.99. The summed E-state index contributed by atoms with van der Waals surface area (Å²) < 4.78 is 10.1. The summed E-state index contributed by atoms with van der Waals surface area (Å²) in [5, 5.41) is 1.64. The maximum atomic E-state index is 10.1. The van der Waals surface area contributed by atoms with E-state index in [9.17, 15) is 4.55 Å². The van der Waals surface area contributed by atoms with Gasteiger partial charge in [-0.3, -0.25) is 0 Å². The van der Waals surface area contributed by atoms with Gasteiger partial charge in [0, 0.05) is 0 Å². The fraction of sp³-hybridized carbons (Fsp3) is 0.500. The molecule has 0 N–H and O–H groups in total. The SMILES string of the molecule is CC=C[S+](C)[O-]. The first kappa shape index (κ1) is 6.05. The van der Waals surface area contributed by atoms with E-state index >= 15 is 0 Å². The van der Waals surface area contributed by atoms with Crippen molar-refractivity contribution in [2.45, 2.75) is 6.92 Å². The third kappa shape index (κ3) is 4.05. The highest BCUT2D eigenvalue weighted by Gasteiger charge is 1.78. The molecule has 0 aliphatic carbocycles. The molecule has 0 fully saturated rings. The smallest absolute Gasteiger partial charge is 0.112 e. The lowest BCUT2D eigenvalue weighted by molar-refractivity contribution is 0.609. The molecule has 0 aliphatic heterocycles. The van der Waals surface area contributed by atoms with Crippen LogP contribution in [0.15, 0.2) is 11.5 Å². The van der Waals surface area contributed by atoms with Crippen LogP contribution in [0.4, 0.5) is 0 Å². The van der Waals surface area contributed by atoms with Crippen molar-refractivity contribution in [3.8, 4) is 0 Å². The molecule has 0 aromatic carbocycles. The Labute approximate surface area is 41.2 Å². The molecule has 0 saturated carbocycles. The van der Waals surface area contributed by atoms with Crippen molar-refractivity contribution in [1.29, 1.82) is 0 Å². The van der Waals surface area contributed by atoms with E-state index < -0.39 is 11.2 Å². The normalized spacial score (nSPS) is 15.8. The molecular weight excluding hydrogens is 96.1 g/mol. The van der Waals surface area contributed by atoms with Gasteiger partial charge in [-0.05, 0) is 24.2 Å². The van der Waals surface area contributed by atoms with Crippen molar-refractivity contribution in [2.75, 3.05) is 6.26 Å². The van der Waals surface area contributed by atoms with E-state index in [1.54, 1.807) is 17.7 Å². The summed E-state index contributed by atoms with van der Waals surface area (Å²) in [5.74, 6) is 0. The van der Waals surface area contributed by atoms with Gasteiger partial charge in [-0.2, -0.15) is 0 Å². The molecule has 1 nitrogen and oxygen atoms in total. The highest BCUT2D eigenvalue weighted by Crippen LogP contribution is 1.81. The first-order valence-electron chi connectivity index (χ1n) is 1.72. The quantitative estimate of drug-likeness (QED) is 0.453. The lowest BCUT2D eigenvalue weighted by Crippen LogP contribution is -1.86. The van der Waals surface area contributed by atoms with Crippen molar-refractivity contribution in [3.63, 3.8) is 0 Å². The van der Waals surface area contributed by atoms with Gasteiger partial charge in [0.15, 0.2) is 0 Å².